The van der Waals surface area contributed by atoms with E-state index in [1.165, 1.54) is 0 Å². The van der Waals surface area contributed by atoms with E-state index < -0.39 is 41.0 Å². The summed E-state index contributed by atoms with van der Waals surface area (Å²) in [5, 5.41) is 11.4. The number of nitrogens with zero attached hydrogens (tertiary/aromatic N) is 2. The lowest BCUT2D eigenvalue weighted by atomic mass is 9.79. The Morgan fingerprint density at radius 3 is 1.61 bits per heavy atom. The van der Waals surface area contributed by atoms with Gasteiger partial charge < -0.3 is 40.5 Å². The highest BCUT2D eigenvalue weighted by atomic mass is 32.2. The van der Waals surface area contributed by atoms with Crippen LogP contribution in [0, 0.1) is 22.7 Å². The first-order valence-electron chi connectivity index (χ1n) is 24.7. The number of ketones is 2. The van der Waals surface area contributed by atoms with E-state index in [9.17, 15) is 28.8 Å². The summed E-state index contributed by atoms with van der Waals surface area (Å²) in [5.74, 6) is 6.44. The van der Waals surface area contributed by atoms with Crippen LogP contribution in [0.4, 0.5) is 0 Å². The number of Topliss-reactive ketones (excluding diaryl/α,β-unsaturated/α-hetero) is 2. The molecule has 0 saturated carbocycles. The number of amides is 4. The van der Waals surface area contributed by atoms with E-state index in [2.05, 4.69) is 85.1 Å². The molecule has 0 unspecified atom stereocenters. The Kier molecular flexibility index (Phi) is 16.0. The number of ether oxygens (including phenoxy) is 2. The molecule has 11 atom stereocenters. The van der Waals surface area contributed by atoms with E-state index >= 15 is 0 Å². The molecule has 2 aliphatic carbocycles. The molecule has 69 heavy (non-hydrogen) atoms. The molecule has 8 rings (SSSR count). The smallest absolute Gasteiger partial charge is 0.246 e. The minimum Gasteiger partial charge on any atom is -0.365 e. The molecule has 4 amide bonds. The maximum absolute atomic E-state index is 14.7. The number of fused-ring (bicyclic) bond motifs is 4. The molecular weight excluding hydrogens is 913 g/mol. The number of benzene rings is 2. The number of carbonyl (C=O) groups excluding carboxylic acids is 6. The second-order valence-corrected chi connectivity index (χ2v) is 23.6. The van der Waals surface area contributed by atoms with Crippen molar-refractivity contribution < 1.29 is 38.2 Å². The first-order chi connectivity index (χ1) is 33.0. The van der Waals surface area contributed by atoms with Crippen molar-refractivity contribution >= 4 is 58.7 Å². The van der Waals surface area contributed by atoms with Gasteiger partial charge in [0.25, 0.3) is 0 Å². The quantitative estimate of drug-likeness (QED) is 0.176. The molecule has 0 radical (unpaired) electrons. The van der Waals surface area contributed by atoms with Crippen molar-refractivity contribution in [2.24, 2.45) is 10.8 Å². The van der Waals surface area contributed by atoms with Crippen LogP contribution in [0.1, 0.15) is 107 Å². The van der Waals surface area contributed by atoms with Crippen LogP contribution in [0.2, 0.25) is 0 Å². The zero-order valence-corrected chi connectivity index (χ0v) is 42.8. The lowest BCUT2D eigenvalue weighted by molar-refractivity contribution is -0.143. The molecule has 4 N–H and O–H groups in total. The van der Waals surface area contributed by atoms with Crippen LogP contribution in [-0.2, 0) is 51.1 Å². The maximum Gasteiger partial charge on any atom is 0.246 e. The zero-order chi connectivity index (χ0) is 49.2. The number of hydrogen-bond acceptors (Lipinski definition) is 12. The number of nitrogens with one attached hydrogen (secondary N) is 4. The van der Waals surface area contributed by atoms with Gasteiger partial charge in [0.2, 0.25) is 23.6 Å². The van der Waals surface area contributed by atoms with Gasteiger partial charge in [0.05, 0.1) is 47.6 Å². The monoisotopic (exact) mass is 982 g/mol. The van der Waals surface area contributed by atoms with Crippen molar-refractivity contribution in [3.05, 3.63) is 70.8 Å². The molecule has 0 aromatic heterocycles. The summed E-state index contributed by atoms with van der Waals surface area (Å²) in [6.45, 7) is 10.4. The van der Waals surface area contributed by atoms with Gasteiger partial charge in [-0.25, -0.2) is 0 Å². The summed E-state index contributed by atoms with van der Waals surface area (Å²) in [6.07, 6.45) is 3.53. The first kappa shape index (κ1) is 51.1. The van der Waals surface area contributed by atoms with E-state index in [-0.39, 0.29) is 103 Å². The summed E-state index contributed by atoms with van der Waals surface area (Å²) < 4.78 is 13.0. The summed E-state index contributed by atoms with van der Waals surface area (Å²) >= 11 is 3.38. The normalized spacial score (nSPS) is 30.2. The van der Waals surface area contributed by atoms with Crippen LogP contribution >= 0.6 is 23.5 Å². The Labute approximate surface area is 416 Å². The summed E-state index contributed by atoms with van der Waals surface area (Å²) in [5.41, 5.74) is 3.52. The third kappa shape index (κ3) is 10.8. The third-order valence-electron chi connectivity index (χ3n) is 15.4. The minimum atomic E-state index is -0.694. The van der Waals surface area contributed by atoms with Crippen molar-refractivity contribution in [2.75, 3.05) is 45.4 Å². The van der Waals surface area contributed by atoms with Crippen molar-refractivity contribution in [3.8, 4) is 11.8 Å². The Hall–Kier alpha value is -4.24. The van der Waals surface area contributed by atoms with Gasteiger partial charge in [-0.05, 0) is 104 Å². The number of hydrogen-bond donors (Lipinski definition) is 4. The maximum atomic E-state index is 14.7. The second-order valence-electron chi connectivity index (χ2n) is 21.0. The number of rotatable bonds is 16. The Morgan fingerprint density at radius 1 is 0.710 bits per heavy atom. The average Bonchev–Trinajstić information content (AvgIpc) is 3.95. The number of carbonyl (C=O) groups is 6. The molecular formula is C53H70N6O8S2. The number of likely N-dealkylation sites (N-methyl/N-ethyl adjacent to an activating group) is 2. The van der Waals surface area contributed by atoms with Crippen LogP contribution in [0.15, 0.2) is 48.5 Å². The zero-order valence-electron chi connectivity index (χ0n) is 41.1. The molecule has 4 fully saturated rings. The fourth-order valence-electron chi connectivity index (χ4n) is 11.9. The topological polar surface area (TPSA) is 175 Å². The van der Waals surface area contributed by atoms with E-state index in [4.69, 9.17) is 9.47 Å². The van der Waals surface area contributed by atoms with Crippen LogP contribution in [0.3, 0.4) is 0 Å². The van der Waals surface area contributed by atoms with Crippen molar-refractivity contribution in [1.82, 2.24) is 31.1 Å². The van der Waals surface area contributed by atoms with Crippen molar-refractivity contribution in [2.45, 2.75) is 151 Å². The van der Waals surface area contributed by atoms with Gasteiger partial charge in [0, 0.05) is 24.7 Å². The van der Waals surface area contributed by atoms with Crippen molar-refractivity contribution in [3.63, 3.8) is 0 Å². The van der Waals surface area contributed by atoms with Gasteiger partial charge in [-0.15, -0.1) is 23.5 Å². The largest absolute Gasteiger partial charge is 0.365 e. The predicted molar refractivity (Wildman–Crippen MR) is 268 cm³/mol. The fraction of sp³-hybridized carbons (Fsp3) is 0.623. The molecule has 16 heteroatoms. The molecule has 14 nitrogen and oxygen atoms in total. The Morgan fingerprint density at radius 2 is 1.16 bits per heavy atom. The standard InChI is InChI=1S/C53H70N6O8S2/c1-31(55-7)49(63)57-39-19-23-69-46-29-53(4,5)48(59(46)51(39)65)41(61)27-37-35-17-11-9-15-33(35)25-43(37)67-21-13-12-20-66-42-24-32-14-8-10-16-34(32)36(42)26-40(60)47-52(2,3)28-45-58(47)50(64)38(18-22-68-45)56-44(62)30-54-6/h8-11,14-17,31,36-39,42-43,45-48,54-55H,18-30H2,1-7H3,(H,56,62)(H,57,63)/t31-,36-,37-,38-,39-,42+,43+,45-,46-,47+,48+/m0/s1. The van der Waals surface area contributed by atoms with Crippen LogP contribution in [0.5, 0.6) is 0 Å². The summed E-state index contributed by atoms with van der Waals surface area (Å²) in [4.78, 5) is 86.7. The van der Waals surface area contributed by atoms with Gasteiger partial charge in [0.15, 0.2) is 11.6 Å². The SMILES string of the molecule is CNCC(=O)N[C@H]1CCS[C@H]2CC(C)(C)[C@@H](C(=O)C[C@H]3c4ccccc4C[C@H]3OCC#CCO[C@@H]3Cc4ccccc4[C@@H]3CC(=O)[C@H]3N4C(=O)[C@@H](NC(=O)[C@H](C)NC)CCS[C@H]4CC3(C)C)N2C1=O. The van der Waals surface area contributed by atoms with E-state index in [1.807, 2.05) is 24.3 Å². The van der Waals surface area contributed by atoms with Crippen LogP contribution in [0.25, 0.3) is 0 Å². The Balaban J connectivity index is 0.911. The van der Waals surface area contributed by atoms with Crippen LogP contribution in [-0.4, -0.2) is 144 Å². The Bertz CT molecular complexity index is 2350. The molecule has 6 aliphatic rings. The van der Waals surface area contributed by atoms with Crippen molar-refractivity contribution in [1.29, 1.82) is 0 Å². The van der Waals surface area contributed by atoms with Gasteiger partial charge in [0.1, 0.15) is 25.3 Å². The van der Waals surface area contributed by atoms with E-state index in [1.54, 1.807) is 54.3 Å². The highest BCUT2D eigenvalue weighted by Gasteiger charge is 2.56. The van der Waals surface area contributed by atoms with Gasteiger partial charge >= 0.3 is 0 Å². The van der Waals surface area contributed by atoms with E-state index in [0.29, 0.717) is 50.0 Å². The van der Waals surface area contributed by atoms with Crippen LogP contribution < -0.4 is 21.3 Å². The molecule has 2 aromatic rings. The molecule has 4 saturated heterocycles. The highest BCUT2D eigenvalue weighted by Crippen LogP contribution is 2.50. The summed E-state index contributed by atoms with van der Waals surface area (Å²) in [6, 6.07) is 13.2. The average molecular weight is 983 g/mol. The highest BCUT2D eigenvalue weighted by molar-refractivity contribution is 8.00. The van der Waals surface area contributed by atoms with Gasteiger partial charge in [-0.2, -0.15) is 0 Å². The predicted octanol–water partition coefficient (Wildman–Crippen LogP) is 4.34. The summed E-state index contributed by atoms with van der Waals surface area (Å²) in [7, 11) is 3.40. The fourth-order valence-corrected chi connectivity index (χ4v) is 15.1. The molecule has 372 valence electrons. The third-order valence-corrected chi connectivity index (χ3v) is 17.9. The van der Waals surface area contributed by atoms with E-state index in [0.717, 1.165) is 22.3 Å². The van der Waals surface area contributed by atoms with Gasteiger partial charge in [-0.3, -0.25) is 28.8 Å². The molecule has 4 heterocycles. The van der Waals surface area contributed by atoms with Gasteiger partial charge in [-0.1, -0.05) is 88.1 Å². The molecule has 4 aliphatic heterocycles. The molecule has 2 aromatic carbocycles. The molecule has 0 spiro atoms. The number of thioether (sulfide) groups is 2. The minimum absolute atomic E-state index is 0.000189. The lowest BCUT2D eigenvalue weighted by Crippen LogP contribution is -2.56. The lowest BCUT2D eigenvalue weighted by Gasteiger charge is -2.35. The molecule has 0 bridgehead atoms. The first-order valence-corrected chi connectivity index (χ1v) is 26.8. The second kappa shape index (κ2) is 21.6.